The lowest BCUT2D eigenvalue weighted by molar-refractivity contribution is 0.0945. The van der Waals surface area contributed by atoms with E-state index in [9.17, 15) is 0 Å². The lowest BCUT2D eigenvalue weighted by atomic mass is 9.74. The lowest BCUT2D eigenvalue weighted by Crippen LogP contribution is -2.46. The number of nitrogens with zero attached hydrogens (tertiary/aromatic N) is 3. The molecule has 0 unspecified atom stereocenters. The first kappa shape index (κ1) is 16.5. The van der Waals surface area contributed by atoms with Gasteiger partial charge in [-0.1, -0.05) is 36.4 Å². The summed E-state index contributed by atoms with van der Waals surface area (Å²) < 4.78 is 8.79. The first-order valence-electron chi connectivity index (χ1n) is 8.90. The molecule has 0 aliphatic heterocycles. The summed E-state index contributed by atoms with van der Waals surface area (Å²) >= 11 is 1.28. The number of aromatic nitrogens is 2. The van der Waals surface area contributed by atoms with Gasteiger partial charge in [0, 0.05) is 11.6 Å². The van der Waals surface area contributed by atoms with Gasteiger partial charge in [-0.15, -0.1) is 0 Å². The minimum absolute atomic E-state index is 0.146. The van der Waals surface area contributed by atoms with Gasteiger partial charge >= 0.3 is 0 Å². The molecule has 25 heavy (non-hydrogen) atoms. The molecular formula is C20H24N4S. The maximum atomic E-state index is 4.45. The summed E-state index contributed by atoms with van der Waals surface area (Å²) in [7, 11) is 4.42. The van der Waals surface area contributed by atoms with Gasteiger partial charge in [0.25, 0.3) is 0 Å². The smallest absolute Gasteiger partial charge is 0.127 e. The third-order valence-corrected chi connectivity index (χ3v) is 6.17. The highest BCUT2D eigenvalue weighted by Crippen LogP contribution is 2.41. The second-order valence-corrected chi connectivity index (χ2v) is 7.68. The fraction of sp³-hybridized carbons (Fsp3) is 0.400. The average molecular weight is 353 g/mol. The standard InChI is InChI=1S/C20H24N4S/c1-24(2)20(15-7-4-3-5-8-15)13-11-16(12-14-20)21-17-9-6-10-18-19(17)23-25-22-18/h3-10,16,21H,11-14H2,1-2H3. The summed E-state index contributed by atoms with van der Waals surface area (Å²) in [6.45, 7) is 0. The van der Waals surface area contributed by atoms with Crippen LogP contribution in [0.2, 0.25) is 0 Å². The van der Waals surface area contributed by atoms with Crippen molar-refractivity contribution in [1.82, 2.24) is 13.6 Å². The number of fused-ring (bicyclic) bond motifs is 1. The molecule has 1 aliphatic carbocycles. The van der Waals surface area contributed by atoms with E-state index < -0.39 is 0 Å². The van der Waals surface area contributed by atoms with Gasteiger partial charge in [0.2, 0.25) is 0 Å². The van der Waals surface area contributed by atoms with Crippen molar-refractivity contribution in [3.63, 3.8) is 0 Å². The Balaban J connectivity index is 1.51. The SMILES string of the molecule is CN(C)C1(c2ccccc2)CCC(Nc2cccc3nsnc23)CC1. The molecule has 1 aromatic heterocycles. The number of hydrogen-bond acceptors (Lipinski definition) is 5. The van der Waals surface area contributed by atoms with Gasteiger partial charge in [-0.2, -0.15) is 8.75 Å². The van der Waals surface area contributed by atoms with Crippen LogP contribution < -0.4 is 5.32 Å². The number of anilines is 1. The number of benzene rings is 2. The molecule has 5 heteroatoms. The Morgan fingerprint density at radius 1 is 1.00 bits per heavy atom. The van der Waals surface area contributed by atoms with Crippen molar-refractivity contribution < 1.29 is 0 Å². The lowest BCUT2D eigenvalue weighted by Gasteiger charge is -2.46. The van der Waals surface area contributed by atoms with Crippen LogP contribution in [0.15, 0.2) is 48.5 Å². The summed E-state index contributed by atoms with van der Waals surface area (Å²) in [5.41, 5.74) is 4.68. The Hall–Kier alpha value is -1.98. The van der Waals surface area contributed by atoms with E-state index in [0.29, 0.717) is 6.04 Å². The molecule has 1 fully saturated rings. The van der Waals surface area contributed by atoms with E-state index in [1.807, 2.05) is 6.07 Å². The maximum Gasteiger partial charge on any atom is 0.127 e. The first-order valence-corrected chi connectivity index (χ1v) is 9.63. The van der Waals surface area contributed by atoms with Crippen molar-refractivity contribution in [2.45, 2.75) is 37.3 Å². The highest BCUT2D eigenvalue weighted by atomic mass is 32.1. The minimum Gasteiger partial charge on any atom is -0.380 e. The summed E-state index contributed by atoms with van der Waals surface area (Å²) in [5, 5.41) is 3.72. The van der Waals surface area contributed by atoms with Crippen molar-refractivity contribution in [2.24, 2.45) is 0 Å². The molecular weight excluding hydrogens is 328 g/mol. The molecule has 0 spiro atoms. The van der Waals surface area contributed by atoms with E-state index >= 15 is 0 Å². The van der Waals surface area contributed by atoms with Crippen molar-refractivity contribution >= 4 is 28.4 Å². The third kappa shape index (κ3) is 3.02. The Labute approximate surface area is 153 Å². The monoisotopic (exact) mass is 352 g/mol. The zero-order valence-electron chi connectivity index (χ0n) is 14.8. The largest absolute Gasteiger partial charge is 0.380 e. The highest BCUT2D eigenvalue weighted by Gasteiger charge is 2.38. The van der Waals surface area contributed by atoms with Gasteiger partial charge in [0.1, 0.15) is 11.0 Å². The average Bonchev–Trinajstić information content (AvgIpc) is 3.13. The van der Waals surface area contributed by atoms with E-state index in [1.54, 1.807) is 0 Å². The van der Waals surface area contributed by atoms with E-state index in [4.69, 9.17) is 0 Å². The fourth-order valence-corrected chi connectivity index (χ4v) is 4.67. The van der Waals surface area contributed by atoms with Crippen LogP contribution in [0.3, 0.4) is 0 Å². The quantitative estimate of drug-likeness (QED) is 0.750. The Morgan fingerprint density at radius 3 is 2.48 bits per heavy atom. The molecule has 0 saturated heterocycles. The molecule has 1 N–H and O–H groups in total. The zero-order chi connectivity index (χ0) is 17.3. The van der Waals surface area contributed by atoms with Crippen LogP contribution in [-0.2, 0) is 5.54 Å². The van der Waals surface area contributed by atoms with Gasteiger partial charge in [0.15, 0.2) is 0 Å². The molecule has 4 rings (SSSR count). The van der Waals surface area contributed by atoms with Crippen molar-refractivity contribution in [2.75, 3.05) is 19.4 Å². The van der Waals surface area contributed by atoms with Crippen LogP contribution in [0.4, 0.5) is 5.69 Å². The maximum absolute atomic E-state index is 4.45. The van der Waals surface area contributed by atoms with Gasteiger partial charge in [0.05, 0.1) is 17.4 Å². The Bertz CT molecular complexity index is 835. The Kier molecular flexibility index (Phi) is 4.44. The molecule has 130 valence electrons. The van der Waals surface area contributed by atoms with E-state index in [0.717, 1.165) is 42.4 Å². The molecule has 3 aromatic rings. The fourth-order valence-electron chi connectivity index (χ4n) is 4.12. The van der Waals surface area contributed by atoms with Crippen LogP contribution >= 0.6 is 11.7 Å². The predicted octanol–water partition coefficient (Wildman–Crippen LogP) is 4.50. The van der Waals surface area contributed by atoms with Gasteiger partial charge < -0.3 is 5.32 Å². The molecule has 2 aromatic carbocycles. The second-order valence-electron chi connectivity index (χ2n) is 7.15. The van der Waals surface area contributed by atoms with Crippen LogP contribution in [-0.4, -0.2) is 33.8 Å². The molecule has 1 saturated carbocycles. The third-order valence-electron chi connectivity index (χ3n) is 5.63. The highest BCUT2D eigenvalue weighted by molar-refractivity contribution is 7.00. The summed E-state index contributed by atoms with van der Waals surface area (Å²) in [6, 6.07) is 17.6. The van der Waals surface area contributed by atoms with Crippen LogP contribution in [0.5, 0.6) is 0 Å². The van der Waals surface area contributed by atoms with E-state index in [-0.39, 0.29) is 5.54 Å². The van der Waals surface area contributed by atoms with Crippen LogP contribution in [0, 0.1) is 0 Å². The van der Waals surface area contributed by atoms with Gasteiger partial charge in [-0.05, 0) is 57.5 Å². The molecule has 0 atom stereocenters. The minimum atomic E-state index is 0.146. The summed E-state index contributed by atoms with van der Waals surface area (Å²) in [4.78, 5) is 2.41. The van der Waals surface area contributed by atoms with E-state index in [1.165, 1.54) is 17.3 Å². The van der Waals surface area contributed by atoms with Crippen molar-refractivity contribution in [3.8, 4) is 0 Å². The summed E-state index contributed by atoms with van der Waals surface area (Å²) in [5.74, 6) is 0. The van der Waals surface area contributed by atoms with E-state index in [2.05, 4.69) is 75.5 Å². The molecule has 1 aliphatic rings. The second kappa shape index (κ2) is 6.73. The van der Waals surface area contributed by atoms with Gasteiger partial charge in [-0.25, -0.2) is 0 Å². The van der Waals surface area contributed by atoms with Crippen molar-refractivity contribution in [3.05, 3.63) is 54.1 Å². The molecule has 0 bridgehead atoms. The van der Waals surface area contributed by atoms with Gasteiger partial charge in [-0.3, -0.25) is 4.90 Å². The molecule has 0 radical (unpaired) electrons. The number of hydrogen-bond donors (Lipinski definition) is 1. The molecule has 0 amide bonds. The normalized spacial score (nSPS) is 23.9. The predicted molar refractivity (Wildman–Crippen MR) is 105 cm³/mol. The summed E-state index contributed by atoms with van der Waals surface area (Å²) in [6.07, 6.45) is 4.63. The number of nitrogens with one attached hydrogen (secondary N) is 1. The number of rotatable bonds is 4. The van der Waals surface area contributed by atoms with Crippen molar-refractivity contribution in [1.29, 1.82) is 0 Å². The Morgan fingerprint density at radius 2 is 1.76 bits per heavy atom. The molecule has 4 nitrogen and oxygen atoms in total. The molecule has 1 heterocycles. The van der Waals surface area contributed by atoms with Crippen LogP contribution in [0.25, 0.3) is 11.0 Å². The van der Waals surface area contributed by atoms with Crippen LogP contribution in [0.1, 0.15) is 31.2 Å². The first-order chi connectivity index (χ1) is 12.2. The zero-order valence-corrected chi connectivity index (χ0v) is 15.6. The topological polar surface area (TPSA) is 41.0 Å².